The Morgan fingerprint density at radius 1 is 1.79 bits per heavy atom. The molecule has 0 atom stereocenters. The first-order chi connectivity index (χ1) is 6.76. The van der Waals surface area contributed by atoms with Crippen LogP contribution in [-0.4, -0.2) is 23.2 Å². The molecule has 1 N–H and O–H groups in total. The fourth-order valence-corrected chi connectivity index (χ4v) is 1.35. The number of nitrogens with zero attached hydrogens (tertiary/aromatic N) is 1. The zero-order valence-electron chi connectivity index (χ0n) is 7.61. The maximum absolute atomic E-state index is 10.7. The highest BCUT2D eigenvalue weighted by atomic mass is 32.1. The minimum absolute atomic E-state index is 0.0314. The van der Waals surface area contributed by atoms with Gasteiger partial charge in [0.05, 0.1) is 18.6 Å². The van der Waals surface area contributed by atoms with Gasteiger partial charge in [-0.3, -0.25) is 4.79 Å². The average Bonchev–Trinajstić information content (AvgIpc) is 2.65. The van der Waals surface area contributed by atoms with Gasteiger partial charge in [-0.25, -0.2) is 4.98 Å². The van der Waals surface area contributed by atoms with E-state index in [0.717, 1.165) is 4.88 Å². The molecule has 0 amide bonds. The van der Waals surface area contributed by atoms with Crippen LogP contribution in [0.4, 0.5) is 0 Å². The summed E-state index contributed by atoms with van der Waals surface area (Å²) in [5, 5.41) is 9.35. The Morgan fingerprint density at radius 3 is 3.14 bits per heavy atom. The maximum Gasteiger partial charge on any atom is 0.317 e. The van der Waals surface area contributed by atoms with Crippen LogP contribution in [0, 0.1) is 11.8 Å². The van der Waals surface area contributed by atoms with Gasteiger partial charge in [-0.05, 0) is 5.92 Å². The lowest BCUT2D eigenvalue weighted by Crippen LogP contribution is -1.96. The van der Waals surface area contributed by atoms with Crippen molar-refractivity contribution >= 4 is 17.3 Å². The molecule has 0 saturated carbocycles. The van der Waals surface area contributed by atoms with E-state index in [1.165, 1.54) is 18.4 Å². The van der Waals surface area contributed by atoms with E-state index in [1.807, 2.05) is 0 Å². The molecule has 14 heavy (non-hydrogen) atoms. The minimum atomic E-state index is -0.364. The number of rotatable bonds is 2. The summed E-state index contributed by atoms with van der Waals surface area (Å²) in [7, 11) is 1.32. The van der Waals surface area contributed by atoms with Crippen LogP contribution in [0.5, 0.6) is 0 Å². The Bertz CT molecular complexity index is 375. The number of hydrogen-bond acceptors (Lipinski definition) is 5. The van der Waals surface area contributed by atoms with Gasteiger partial charge in [0.15, 0.2) is 5.01 Å². The smallest absolute Gasteiger partial charge is 0.317 e. The van der Waals surface area contributed by atoms with Crippen molar-refractivity contribution in [3.8, 4) is 11.8 Å². The normalized spacial score (nSPS) is 9.00. The predicted molar refractivity (Wildman–Crippen MR) is 51.5 cm³/mol. The van der Waals surface area contributed by atoms with Crippen molar-refractivity contribution in [2.75, 3.05) is 7.11 Å². The van der Waals surface area contributed by atoms with Gasteiger partial charge in [0.2, 0.25) is 0 Å². The van der Waals surface area contributed by atoms with Crippen molar-refractivity contribution in [1.29, 1.82) is 0 Å². The highest BCUT2D eigenvalue weighted by molar-refractivity contribution is 7.12. The third-order valence-electron chi connectivity index (χ3n) is 1.37. The maximum atomic E-state index is 10.7. The van der Waals surface area contributed by atoms with E-state index in [4.69, 9.17) is 5.11 Å². The molecule has 4 nitrogen and oxygen atoms in total. The van der Waals surface area contributed by atoms with Gasteiger partial charge in [0, 0.05) is 6.20 Å². The van der Waals surface area contributed by atoms with Crippen LogP contribution in [0.15, 0.2) is 6.20 Å². The molecule has 1 rings (SSSR count). The number of thiazole rings is 1. The van der Waals surface area contributed by atoms with E-state index in [0.29, 0.717) is 5.01 Å². The van der Waals surface area contributed by atoms with Crippen LogP contribution < -0.4 is 0 Å². The third-order valence-corrected chi connectivity index (χ3v) is 2.26. The van der Waals surface area contributed by atoms with Crippen molar-refractivity contribution in [1.82, 2.24) is 4.98 Å². The van der Waals surface area contributed by atoms with Crippen molar-refractivity contribution < 1.29 is 14.6 Å². The molecule has 0 bridgehead atoms. The van der Waals surface area contributed by atoms with Gasteiger partial charge in [-0.15, -0.1) is 11.3 Å². The quantitative estimate of drug-likeness (QED) is 0.573. The number of aliphatic hydroxyl groups is 1. The molecule has 74 valence electrons. The monoisotopic (exact) mass is 211 g/mol. The molecule has 5 heteroatoms. The second-order valence-electron chi connectivity index (χ2n) is 2.34. The van der Waals surface area contributed by atoms with Crippen molar-refractivity contribution in [3.05, 3.63) is 16.1 Å². The number of carbonyl (C=O) groups is 1. The molecular formula is C9H9NO3S. The number of hydrogen-bond donors (Lipinski definition) is 1. The van der Waals surface area contributed by atoms with Gasteiger partial charge >= 0.3 is 5.97 Å². The topological polar surface area (TPSA) is 59.4 Å². The summed E-state index contributed by atoms with van der Waals surface area (Å²) in [6.07, 6.45) is 1.62. The Balaban J connectivity index is 2.54. The summed E-state index contributed by atoms with van der Waals surface area (Å²) in [5.41, 5.74) is 0. The molecule has 0 aromatic carbocycles. The fraction of sp³-hybridized carbons (Fsp3) is 0.333. The van der Waals surface area contributed by atoms with Crippen LogP contribution in [-0.2, 0) is 16.1 Å². The lowest BCUT2D eigenvalue weighted by Gasteiger charge is -1.88. The summed E-state index contributed by atoms with van der Waals surface area (Å²) >= 11 is 1.31. The zero-order chi connectivity index (χ0) is 10.4. The standard InChI is InChI=1S/C9H9NO3S/c1-13-9(12)4-2-3-8-10-5-7(6-11)14-8/h5,11H,4,6H2,1H3. The van der Waals surface area contributed by atoms with Crippen LogP contribution in [0.2, 0.25) is 0 Å². The first-order valence-corrected chi connectivity index (χ1v) is 4.69. The lowest BCUT2D eigenvalue weighted by atomic mass is 10.4. The summed E-state index contributed by atoms with van der Waals surface area (Å²) in [5.74, 6) is 4.98. The van der Waals surface area contributed by atoms with Crippen LogP contribution >= 0.6 is 11.3 Å². The second-order valence-corrected chi connectivity index (χ2v) is 3.46. The van der Waals surface area contributed by atoms with E-state index in [9.17, 15) is 4.79 Å². The minimum Gasteiger partial charge on any atom is -0.468 e. The summed E-state index contributed by atoms with van der Waals surface area (Å²) in [4.78, 5) is 15.4. The number of aliphatic hydroxyl groups excluding tert-OH is 1. The van der Waals surface area contributed by atoms with E-state index in [-0.39, 0.29) is 19.0 Å². The van der Waals surface area contributed by atoms with Gasteiger partial charge in [0.1, 0.15) is 6.42 Å². The Labute approximate surface area is 85.5 Å². The average molecular weight is 211 g/mol. The van der Waals surface area contributed by atoms with Gasteiger partial charge in [-0.2, -0.15) is 0 Å². The molecule has 0 radical (unpaired) electrons. The summed E-state index contributed by atoms with van der Waals surface area (Å²) < 4.78 is 4.42. The summed E-state index contributed by atoms with van der Waals surface area (Å²) in [6.45, 7) is -0.0314. The highest BCUT2D eigenvalue weighted by Crippen LogP contribution is 2.10. The van der Waals surface area contributed by atoms with E-state index < -0.39 is 0 Å². The Morgan fingerprint density at radius 2 is 2.57 bits per heavy atom. The first-order valence-electron chi connectivity index (χ1n) is 3.87. The fourth-order valence-electron chi connectivity index (χ4n) is 0.703. The van der Waals surface area contributed by atoms with Gasteiger partial charge < -0.3 is 9.84 Å². The molecule has 0 aliphatic heterocycles. The molecule has 1 heterocycles. The number of carbonyl (C=O) groups excluding carboxylic acids is 1. The molecular weight excluding hydrogens is 202 g/mol. The van der Waals surface area contributed by atoms with Crippen molar-refractivity contribution in [3.63, 3.8) is 0 Å². The molecule has 0 fully saturated rings. The van der Waals surface area contributed by atoms with E-state index >= 15 is 0 Å². The Hall–Kier alpha value is -1.38. The van der Waals surface area contributed by atoms with Crippen LogP contribution in [0.1, 0.15) is 16.3 Å². The molecule has 0 saturated heterocycles. The number of aromatic nitrogens is 1. The summed E-state index contributed by atoms with van der Waals surface area (Å²) in [6, 6.07) is 0. The Kier molecular flexibility index (Phi) is 4.11. The largest absolute Gasteiger partial charge is 0.468 e. The third kappa shape index (κ3) is 3.17. The van der Waals surface area contributed by atoms with Crippen LogP contribution in [0.25, 0.3) is 0 Å². The highest BCUT2D eigenvalue weighted by Gasteiger charge is 1.97. The van der Waals surface area contributed by atoms with Crippen LogP contribution in [0.3, 0.4) is 0 Å². The van der Waals surface area contributed by atoms with Crippen molar-refractivity contribution in [2.24, 2.45) is 0 Å². The first kappa shape index (κ1) is 10.7. The number of esters is 1. The molecule has 0 aliphatic carbocycles. The van der Waals surface area contributed by atoms with Gasteiger partial charge in [0.25, 0.3) is 0 Å². The SMILES string of the molecule is COC(=O)CC#Cc1ncc(CO)s1. The number of ether oxygens (including phenoxy) is 1. The lowest BCUT2D eigenvalue weighted by molar-refractivity contribution is -0.139. The molecule has 1 aromatic heterocycles. The van der Waals surface area contributed by atoms with E-state index in [1.54, 1.807) is 6.20 Å². The van der Waals surface area contributed by atoms with E-state index in [2.05, 4.69) is 21.6 Å². The second kappa shape index (κ2) is 5.37. The molecule has 0 unspecified atom stereocenters. The van der Waals surface area contributed by atoms with Crippen molar-refractivity contribution in [2.45, 2.75) is 13.0 Å². The molecule has 1 aromatic rings. The van der Waals surface area contributed by atoms with Gasteiger partial charge in [-0.1, -0.05) is 5.92 Å². The number of methoxy groups -OCH3 is 1. The molecule has 0 aliphatic rings. The zero-order valence-corrected chi connectivity index (χ0v) is 8.43. The predicted octanol–water partition coefficient (Wildman–Crippen LogP) is 0.550. The molecule has 0 spiro atoms.